The fourth-order valence-corrected chi connectivity index (χ4v) is 2.68. The first-order valence-electron chi connectivity index (χ1n) is 9.17. The Morgan fingerprint density at radius 1 is 1.03 bits per heavy atom. The van der Waals surface area contributed by atoms with Crippen LogP contribution in [0, 0.1) is 11.6 Å². The van der Waals surface area contributed by atoms with E-state index in [1.807, 2.05) is 24.3 Å². The molecule has 2 amide bonds. The summed E-state index contributed by atoms with van der Waals surface area (Å²) in [4.78, 5) is 27.8. The zero-order chi connectivity index (χ0) is 21.4. The van der Waals surface area contributed by atoms with Gasteiger partial charge in [-0.25, -0.2) is 8.78 Å². The van der Waals surface area contributed by atoms with Gasteiger partial charge >= 0.3 is 0 Å². The van der Waals surface area contributed by atoms with Crippen molar-refractivity contribution in [3.05, 3.63) is 59.7 Å². The Labute approximate surface area is 169 Å². The smallest absolute Gasteiger partial charge is 0.238 e. The number of halogens is 2. The minimum Gasteiger partial charge on any atom is -0.497 e. The highest BCUT2D eigenvalue weighted by atomic mass is 19.1. The number of ether oxygens (including phenoxy) is 1. The van der Waals surface area contributed by atoms with Crippen molar-refractivity contribution in [2.75, 3.05) is 39.1 Å². The number of amides is 2. The number of nitrogens with one attached hydrogen (secondary N) is 1. The van der Waals surface area contributed by atoms with Crippen molar-refractivity contribution >= 4 is 17.5 Å². The van der Waals surface area contributed by atoms with Gasteiger partial charge in [-0.15, -0.1) is 0 Å². The van der Waals surface area contributed by atoms with Gasteiger partial charge in [0.15, 0.2) is 0 Å². The van der Waals surface area contributed by atoms with Crippen molar-refractivity contribution < 1.29 is 23.1 Å². The van der Waals surface area contributed by atoms with Crippen molar-refractivity contribution in [1.29, 1.82) is 0 Å². The molecule has 0 radical (unpaired) electrons. The van der Waals surface area contributed by atoms with Crippen LogP contribution in [0.3, 0.4) is 0 Å². The van der Waals surface area contributed by atoms with Crippen LogP contribution in [-0.4, -0.2) is 55.4 Å². The zero-order valence-electron chi connectivity index (χ0n) is 16.7. The van der Waals surface area contributed by atoms with E-state index in [1.54, 1.807) is 30.9 Å². The number of likely N-dealkylation sites (N-methyl/N-ethyl adjacent to an activating group) is 2. The third-order valence-corrected chi connectivity index (χ3v) is 4.41. The molecule has 156 valence electrons. The molecule has 2 aromatic carbocycles. The van der Waals surface area contributed by atoms with E-state index >= 15 is 0 Å². The van der Waals surface area contributed by atoms with Gasteiger partial charge in [0.05, 0.1) is 20.2 Å². The van der Waals surface area contributed by atoms with E-state index in [0.29, 0.717) is 13.1 Å². The fraction of sp³-hybridized carbons (Fsp3) is 0.333. The van der Waals surface area contributed by atoms with E-state index in [4.69, 9.17) is 4.74 Å². The molecule has 2 aromatic rings. The van der Waals surface area contributed by atoms with Crippen LogP contribution in [0.2, 0.25) is 0 Å². The van der Waals surface area contributed by atoms with Crippen molar-refractivity contribution in [3.8, 4) is 5.75 Å². The van der Waals surface area contributed by atoms with E-state index in [2.05, 4.69) is 5.32 Å². The minimum absolute atomic E-state index is 0.0102. The Hall–Kier alpha value is -3.00. The summed E-state index contributed by atoms with van der Waals surface area (Å²) in [6.45, 7) is 2.48. The second-order valence-electron chi connectivity index (χ2n) is 6.55. The van der Waals surface area contributed by atoms with E-state index in [-0.39, 0.29) is 19.0 Å². The molecule has 0 spiro atoms. The molecule has 0 heterocycles. The number of anilines is 1. The van der Waals surface area contributed by atoms with Gasteiger partial charge < -0.3 is 15.0 Å². The lowest BCUT2D eigenvalue weighted by atomic mass is 10.2. The molecule has 0 aliphatic heterocycles. The zero-order valence-corrected chi connectivity index (χ0v) is 16.7. The van der Waals surface area contributed by atoms with Crippen LogP contribution in [0.4, 0.5) is 14.5 Å². The predicted molar refractivity (Wildman–Crippen MR) is 107 cm³/mol. The molecule has 0 saturated heterocycles. The molecule has 0 atom stereocenters. The number of carbonyl (C=O) groups is 2. The van der Waals surface area contributed by atoms with E-state index in [0.717, 1.165) is 23.4 Å². The van der Waals surface area contributed by atoms with Crippen LogP contribution in [0.1, 0.15) is 12.5 Å². The lowest BCUT2D eigenvalue weighted by Crippen LogP contribution is -2.41. The molecule has 1 N–H and O–H groups in total. The topological polar surface area (TPSA) is 61.9 Å². The number of nitrogens with zero attached hydrogens (tertiary/aromatic N) is 2. The largest absolute Gasteiger partial charge is 0.497 e. The molecule has 2 rings (SSSR count). The van der Waals surface area contributed by atoms with Gasteiger partial charge in [0, 0.05) is 13.6 Å². The van der Waals surface area contributed by atoms with Crippen LogP contribution in [0.25, 0.3) is 0 Å². The average molecular weight is 405 g/mol. The number of carbonyl (C=O) groups excluding carboxylic acids is 2. The summed E-state index contributed by atoms with van der Waals surface area (Å²) >= 11 is 0. The molecule has 0 unspecified atom stereocenters. The number of benzene rings is 2. The Balaban J connectivity index is 1.90. The third kappa shape index (κ3) is 6.53. The summed E-state index contributed by atoms with van der Waals surface area (Å²) < 4.78 is 32.4. The minimum atomic E-state index is -0.850. The van der Waals surface area contributed by atoms with Gasteiger partial charge in [0.1, 0.15) is 23.1 Å². The molecular weight excluding hydrogens is 380 g/mol. The third-order valence-electron chi connectivity index (χ3n) is 4.41. The van der Waals surface area contributed by atoms with E-state index in [9.17, 15) is 18.4 Å². The molecule has 0 aromatic heterocycles. The predicted octanol–water partition coefficient (Wildman–Crippen LogP) is 2.89. The number of para-hydroxylation sites is 1. The standard InChI is InChI=1S/C21H25F2N3O3/c1-4-26(13-19(27)24-21-17(22)6-5-7-18(21)23)14-20(28)25(2)12-15-8-10-16(29-3)11-9-15/h5-11H,4,12-14H2,1-3H3,(H,24,27). The van der Waals surface area contributed by atoms with E-state index in [1.165, 1.54) is 6.07 Å². The molecule has 29 heavy (non-hydrogen) atoms. The normalized spacial score (nSPS) is 10.7. The summed E-state index contributed by atoms with van der Waals surface area (Å²) in [6, 6.07) is 10.7. The maximum atomic E-state index is 13.7. The first-order valence-corrected chi connectivity index (χ1v) is 9.17. The van der Waals surface area contributed by atoms with Crippen LogP contribution < -0.4 is 10.1 Å². The summed E-state index contributed by atoms with van der Waals surface area (Å²) in [5, 5.41) is 2.23. The van der Waals surface area contributed by atoms with Crippen molar-refractivity contribution in [2.24, 2.45) is 0 Å². The van der Waals surface area contributed by atoms with Gasteiger partial charge in [0.25, 0.3) is 0 Å². The first-order chi connectivity index (χ1) is 13.8. The quantitative estimate of drug-likeness (QED) is 0.697. The number of methoxy groups -OCH3 is 1. The summed E-state index contributed by atoms with van der Waals surface area (Å²) in [7, 11) is 3.26. The maximum Gasteiger partial charge on any atom is 0.238 e. The lowest BCUT2D eigenvalue weighted by Gasteiger charge is -2.24. The maximum absolute atomic E-state index is 13.7. The van der Waals surface area contributed by atoms with Gasteiger partial charge in [-0.1, -0.05) is 25.1 Å². The van der Waals surface area contributed by atoms with Crippen LogP contribution in [0.5, 0.6) is 5.75 Å². The Morgan fingerprint density at radius 3 is 2.21 bits per heavy atom. The van der Waals surface area contributed by atoms with Crippen LogP contribution in [-0.2, 0) is 16.1 Å². The van der Waals surface area contributed by atoms with Gasteiger partial charge in [0.2, 0.25) is 11.8 Å². The molecular formula is C21H25F2N3O3. The molecule has 0 fully saturated rings. The summed E-state index contributed by atoms with van der Waals surface area (Å²) in [6.07, 6.45) is 0. The van der Waals surface area contributed by atoms with Gasteiger partial charge in [-0.3, -0.25) is 14.5 Å². The lowest BCUT2D eigenvalue weighted by molar-refractivity contribution is -0.132. The highest BCUT2D eigenvalue weighted by Gasteiger charge is 2.18. The van der Waals surface area contributed by atoms with Gasteiger partial charge in [-0.05, 0) is 36.4 Å². The molecule has 0 saturated carbocycles. The van der Waals surface area contributed by atoms with Crippen molar-refractivity contribution in [1.82, 2.24) is 9.80 Å². The van der Waals surface area contributed by atoms with E-state index < -0.39 is 23.2 Å². The van der Waals surface area contributed by atoms with Crippen LogP contribution in [0.15, 0.2) is 42.5 Å². The average Bonchev–Trinajstić information content (AvgIpc) is 2.70. The monoisotopic (exact) mass is 405 g/mol. The highest BCUT2D eigenvalue weighted by molar-refractivity contribution is 5.92. The Bertz CT molecular complexity index is 823. The Kier molecular flexibility index (Phi) is 8.09. The second-order valence-corrected chi connectivity index (χ2v) is 6.55. The number of rotatable bonds is 9. The molecule has 0 aliphatic rings. The molecule has 0 aliphatic carbocycles. The van der Waals surface area contributed by atoms with Crippen molar-refractivity contribution in [2.45, 2.75) is 13.5 Å². The summed E-state index contributed by atoms with van der Waals surface area (Å²) in [5.41, 5.74) is 0.453. The number of hydrogen-bond donors (Lipinski definition) is 1. The fourth-order valence-electron chi connectivity index (χ4n) is 2.68. The highest BCUT2D eigenvalue weighted by Crippen LogP contribution is 2.18. The van der Waals surface area contributed by atoms with Crippen LogP contribution >= 0.6 is 0 Å². The summed E-state index contributed by atoms with van der Waals surface area (Å²) in [5.74, 6) is -1.74. The first kappa shape index (κ1) is 22.3. The molecule has 8 heteroatoms. The number of hydrogen-bond acceptors (Lipinski definition) is 4. The molecule has 0 bridgehead atoms. The van der Waals surface area contributed by atoms with Crippen molar-refractivity contribution in [3.63, 3.8) is 0 Å². The Morgan fingerprint density at radius 2 is 1.66 bits per heavy atom. The second kappa shape index (κ2) is 10.5. The molecule has 6 nitrogen and oxygen atoms in total. The SMILES string of the molecule is CCN(CC(=O)Nc1c(F)cccc1F)CC(=O)N(C)Cc1ccc(OC)cc1. The van der Waals surface area contributed by atoms with Gasteiger partial charge in [-0.2, -0.15) is 0 Å².